The summed E-state index contributed by atoms with van der Waals surface area (Å²) in [4.78, 5) is 14.6. The van der Waals surface area contributed by atoms with Crippen LogP contribution in [0.15, 0.2) is 34.7 Å². The molecule has 2 fully saturated rings. The lowest BCUT2D eigenvalue weighted by atomic mass is 9.71. The highest BCUT2D eigenvalue weighted by molar-refractivity contribution is 5.96. The molecule has 4 rings (SSSR count). The number of rotatable bonds is 1. The molecule has 2 aromatic rings. The van der Waals surface area contributed by atoms with Crippen LogP contribution in [0.4, 0.5) is 0 Å². The first-order valence-corrected chi connectivity index (χ1v) is 8.24. The van der Waals surface area contributed by atoms with Crippen LogP contribution in [-0.4, -0.2) is 37.0 Å². The van der Waals surface area contributed by atoms with Gasteiger partial charge in [0.05, 0.1) is 0 Å². The second-order valence-corrected chi connectivity index (χ2v) is 6.69. The molecule has 0 aliphatic carbocycles. The number of hydrogen-bond acceptors (Lipinski definition) is 3. The third kappa shape index (κ3) is 2.41. The smallest absolute Gasteiger partial charge is 0.289 e. The lowest BCUT2D eigenvalue weighted by Gasteiger charge is -2.44. The van der Waals surface area contributed by atoms with Crippen molar-refractivity contribution in [3.8, 4) is 0 Å². The Morgan fingerprint density at radius 1 is 1.09 bits per heavy atom. The third-order valence-electron chi connectivity index (χ3n) is 5.41. The summed E-state index contributed by atoms with van der Waals surface area (Å²) in [6.07, 6.45) is 4.75. The van der Waals surface area contributed by atoms with Gasteiger partial charge in [-0.2, -0.15) is 0 Å². The van der Waals surface area contributed by atoms with Crippen LogP contribution in [0.1, 0.15) is 36.2 Å². The summed E-state index contributed by atoms with van der Waals surface area (Å²) < 4.78 is 5.72. The molecule has 2 aliphatic heterocycles. The second-order valence-electron chi connectivity index (χ2n) is 6.69. The van der Waals surface area contributed by atoms with Crippen LogP contribution in [0.25, 0.3) is 11.0 Å². The molecule has 1 aromatic heterocycles. The standard InChI is InChI=1S/C18H22N2O2/c21-17(16-13-14-3-1-2-4-15(14)22-16)20-11-7-18(8-12-20)5-9-19-10-6-18/h1-4,13,19H,5-12H2. The van der Waals surface area contributed by atoms with Crippen LogP contribution < -0.4 is 5.32 Å². The Labute approximate surface area is 130 Å². The Kier molecular flexibility index (Phi) is 3.41. The van der Waals surface area contributed by atoms with Gasteiger partial charge in [0.1, 0.15) is 5.58 Å². The maximum Gasteiger partial charge on any atom is 0.289 e. The molecular formula is C18H22N2O2. The van der Waals surface area contributed by atoms with Gasteiger partial charge in [-0.05, 0) is 56.3 Å². The fourth-order valence-corrected chi connectivity index (χ4v) is 3.88. The van der Waals surface area contributed by atoms with Crippen molar-refractivity contribution in [3.05, 3.63) is 36.1 Å². The monoisotopic (exact) mass is 298 g/mol. The number of amides is 1. The Balaban J connectivity index is 1.47. The molecule has 1 amide bonds. The van der Waals surface area contributed by atoms with Crippen molar-refractivity contribution in [2.75, 3.05) is 26.2 Å². The summed E-state index contributed by atoms with van der Waals surface area (Å²) in [5.74, 6) is 0.516. The number of nitrogens with one attached hydrogen (secondary N) is 1. The molecule has 0 radical (unpaired) electrons. The third-order valence-corrected chi connectivity index (χ3v) is 5.41. The largest absolute Gasteiger partial charge is 0.451 e. The van der Waals surface area contributed by atoms with E-state index >= 15 is 0 Å². The fourth-order valence-electron chi connectivity index (χ4n) is 3.88. The second kappa shape index (κ2) is 5.43. The molecule has 4 heteroatoms. The van der Waals surface area contributed by atoms with Crippen LogP contribution in [0.2, 0.25) is 0 Å². The van der Waals surface area contributed by atoms with Gasteiger partial charge in [-0.25, -0.2) is 0 Å². The van der Waals surface area contributed by atoms with Gasteiger partial charge in [0, 0.05) is 18.5 Å². The van der Waals surface area contributed by atoms with Gasteiger partial charge >= 0.3 is 0 Å². The number of carbonyl (C=O) groups is 1. The van der Waals surface area contributed by atoms with Gasteiger partial charge in [-0.1, -0.05) is 18.2 Å². The number of fused-ring (bicyclic) bond motifs is 1. The van der Waals surface area contributed by atoms with Gasteiger partial charge in [0.25, 0.3) is 5.91 Å². The Bertz CT molecular complexity index is 642. The highest BCUT2D eigenvalue weighted by Crippen LogP contribution is 2.39. The summed E-state index contributed by atoms with van der Waals surface area (Å²) >= 11 is 0. The van der Waals surface area contributed by atoms with Gasteiger partial charge in [-0.15, -0.1) is 0 Å². The van der Waals surface area contributed by atoms with E-state index in [1.54, 1.807) is 0 Å². The molecule has 22 heavy (non-hydrogen) atoms. The molecule has 3 heterocycles. The minimum absolute atomic E-state index is 0.0417. The summed E-state index contributed by atoms with van der Waals surface area (Å²) in [5.41, 5.74) is 1.26. The predicted octanol–water partition coefficient (Wildman–Crippen LogP) is 3.04. The molecule has 0 unspecified atom stereocenters. The molecule has 0 bridgehead atoms. The van der Waals surface area contributed by atoms with E-state index in [1.807, 2.05) is 35.2 Å². The number of carbonyl (C=O) groups excluding carboxylic acids is 1. The van der Waals surface area contributed by atoms with E-state index in [9.17, 15) is 4.79 Å². The molecule has 2 aliphatic rings. The van der Waals surface area contributed by atoms with E-state index in [4.69, 9.17) is 4.42 Å². The first-order chi connectivity index (χ1) is 10.8. The molecule has 116 valence electrons. The molecule has 0 atom stereocenters. The van der Waals surface area contributed by atoms with E-state index in [0.717, 1.165) is 50.0 Å². The van der Waals surface area contributed by atoms with E-state index in [1.165, 1.54) is 12.8 Å². The first kappa shape index (κ1) is 13.8. The average molecular weight is 298 g/mol. The van der Waals surface area contributed by atoms with Crippen LogP contribution in [0.5, 0.6) is 0 Å². The number of likely N-dealkylation sites (tertiary alicyclic amines) is 1. The molecule has 2 saturated heterocycles. The number of hydrogen-bond donors (Lipinski definition) is 1. The van der Waals surface area contributed by atoms with Crippen LogP contribution in [-0.2, 0) is 0 Å². The zero-order valence-electron chi connectivity index (χ0n) is 12.8. The first-order valence-electron chi connectivity index (χ1n) is 8.24. The summed E-state index contributed by atoms with van der Waals surface area (Å²) in [6, 6.07) is 9.66. The van der Waals surface area contributed by atoms with Crippen LogP contribution in [0, 0.1) is 5.41 Å². The minimum atomic E-state index is 0.0417. The molecule has 4 nitrogen and oxygen atoms in total. The number of benzene rings is 1. The SMILES string of the molecule is O=C(c1cc2ccccc2o1)N1CCC2(CCNCC2)CC1. The molecular weight excluding hydrogens is 276 g/mol. The molecule has 0 saturated carbocycles. The van der Waals surface area contributed by atoms with Crippen LogP contribution >= 0.6 is 0 Å². The Morgan fingerprint density at radius 2 is 1.82 bits per heavy atom. The maximum atomic E-state index is 12.7. The van der Waals surface area contributed by atoms with Crippen molar-refractivity contribution < 1.29 is 9.21 Å². The van der Waals surface area contributed by atoms with Gasteiger partial charge in [0.2, 0.25) is 0 Å². The number of para-hydroxylation sites is 1. The highest BCUT2D eigenvalue weighted by Gasteiger charge is 2.37. The molecule has 1 aromatic carbocycles. The fraction of sp³-hybridized carbons (Fsp3) is 0.500. The van der Waals surface area contributed by atoms with Gasteiger partial charge in [-0.3, -0.25) is 4.79 Å². The van der Waals surface area contributed by atoms with Crippen molar-refractivity contribution in [1.82, 2.24) is 10.2 Å². The average Bonchev–Trinajstić information content (AvgIpc) is 3.00. The van der Waals surface area contributed by atoms with Crippen molar-refractivity contribution in [3.63, 3.8) is 0 Å². The quantitative estimate of drug-likeness (QED) is 0.880. The zero-order valence-corrected chi connectivity index (χ0v) is 12.8. The Hall–Kier alpha value is -1.81. The van der Waals surface area contributed by atoms with Crippen molar-refractivity contribution in [2.24, 2.45) is 5.41 Å². The highest BCUT2D eigenvalue weighted by atomic mass is 16.3. The van der Waals surface area contributed by atoms with E-state index in [-0.39, 0.29) is 5.91 Å². The minimum Gasteiger partial charge on any atom is -0.451 e. The summed E-state index contributed by atoms with van der Waals surface area (Å²) in [5, 5.41) is 4.43. The maximum absolute atomic E-state index is 12.7. The Morgan fingerprint density at radius 3 is 2.55 bits per heavy atom. The lowest BCUT2D eigenvalue weighted by Crippen LogP contribution is -2.47. The van der Waals surface area contributed by atoms with E-state index in [0.29, 0.717) is 11.2 Å². The van der Waals surface area contributed by atoms with Crippen molar-refractivity contribution in [2.45, 2.75) is 25.7 Å². The van der Waals surface area contributed by atoms with E-state index < -0.39 is 0 Å². The normalized spacial score (nSPS) is 21.4. The number of nitrogens with zero attached hydrogens (tertiary/aromatic N) is 1. The topological polar surface area (TPSA) is 45.5 Å². The van der Waals surface area contributed by atoms with Crippen molar-refractivity contribution in [1.29, 1.82) is 0 Å². The number of furan rings is 1. The van der Waals surface area contributed by atoms with Gasteiger partial charge < -0.3 is 14.6 Å². The zero-order chi connectivity index (χ0) is 15.0. The molecule has 1 N–H and O–H groups in total. The number of piperidine rings is 2. The van der Waals surface area contributed by atoms with Crippen molar-refractivity contribution >= 4 is 16.9 Å². The lowest BCUT2D eigenvalue weighted by molar-refractivity contribution is 0.0471. The summed E-state index contributed by atoms with van der Waals surface area (Å²) in [7, 11) is 0. The summed E-state index contributed by atoms with van der Waals surface area (Å²) in [6.45, 7) is 3.96. The van der Waals surface area contributed by atoms with Crippen LogP contribution in [0.3, 0.4) is 0 Å². The van der Waals surface area contributed by atoms with E-state index in [2.05, 4.69) is 5.32 Å². The predicted molar refractivity (Wildman–Crippen MR) is 85.9 cm³/mol. The molecule has 1 spiro atoms. The van der Waals surface area contributed by atoms with Gasteiger partial charge in [0.15, 0.2) is 5.76 Å².